The Kier molecular flexibility index (Phi) is 4.18. The first-order valence-electron chi connectivity index (χ1n) is 6.37. The minimum absolute atomic E-state index is 0.0839. The fraction of sp³-hybridized carbons (Fsp3) is 0.333. The Morgan fingerprint density at radius 2 is 2.05 bits per heavy atom. The van der Waals surface area contributed by atoms with Crippen LogP contribution < -0.4 is 5.73 Å². The Labute approximate surface area is 123 Å². The molecule has 0 amide bonds. The maximum absolute atomic E-state index is 11.9. The third kappa shape index (κ3) is 3.87. The first-order chi connectivity index (χ1) is 9.35. The number of benzene rings is 1. The average molecular weight is 290 g/mol. The fourth-order valence-corrected chi connectivity index (χ4v) is 2.49. The Hall–Kier alpha value is -1.75. The molecule has 1 aromatic carbocycles. The minimum Gasteiger partial charge on any atom is -0.460 e. The second kappa shape index (κ2) is 5.71. The third-order valence-electron chi connectivity index (χ3n) is 2.55. The van der Waals surface area contributed by atoms with E-state index in [1.54, 1.807) is 0 Å². The van der Waals surface area contributed by atoms with E-state index >= 15 is 0 Å². The zero-order chi connectivity index (χ0) is 14.8. The quantitative estimate of drug-likeness (QED) is 0.671. The van der Waals surface area contributed by atoms with E-state index in [1.165, 1.54) is 11.9 Å². The van der Waals surface area contributed by atoms with E-state index in [-0.39, 0.29) is 12.4 Å². The summed E-state index contributed by atoms with van der Waals surface area (Å²) in [6.07, 6.45) is 1.93. The Morgan fingerprint density at radius 3 is 2.75 bits per heavy atom. The molecule has 1 aliphatic rings. The second-order valence-corrected chi connectivity index (χ2v) is 6.33. The molecule has 1 heterocycles. The van der Waals surface area contributed by atoms with Crippen molar-refractivity contribution in [3.05, 3.63) is 35.5 Å². The normalized spacial score (nSPS) is 14.8. The highest BCUT2D eigenvalue weighted by Crippen LogP contribution is 2.29. The highest BCUT2D eigenvalue weighted by Gasteiger charge is 2.20. The molecule has 0 atom stereocenters. The summed E-state index contributed by atoms with van der Waals surface area (Å²) in [5, 5.41) is 0. The number of allylic oxidation sites excluding steroid dienone is 1. The topological polar surface area (TPSA) is 64.7 Å². The van der Waals surface area contributed by atoms with E-state index in [0.717, 1.165) is 10.5 Å². The molecule has 2 rings (SSSR count). The summed E-state index contributed by atoms with van der Waals surface area (Å²) >= 11 is 1.33. The standard InChI is InChI=1S/C15H18N2O2S/c1-15(2,3)19-14(18)9-12-11(16)8-10-6-4-5-7-13(10)20-17-12/h4-8H,9,16H2,1-3H3. The number of carbonyl (C=O) groups excluding carboxylic acids is 1. The third-order valence-corrected chi connectivity index (χ3v) is 3.43. The molecule has 1 aromatic rings. The van der Waals surface area contributed by atoms with Crippen LogP contribution in [-0.2, 0) is 9.53 Å². The summed E-state index contributed by atoms with van der Waals surface area (Å²) < 4.78 is 9.65. The van der Waals surface area contributed by atoms with Crippen molar-refractivity contribution in [1.82, 2.24) is 0 Å². The van der Waals surface area contributed by atoms with Gasteiger partial charge >= 0.3 is 5.97 Å². The predicted octanol–water partition coefficient (Wildman–Crippen LogP) is 3.18. The largest absolute Gasteiger partial charge is 0.460 e. The Bertz CT molecular complexity index is 586. The molecule has 2 N–H and O–H groups in total. The summed E-state index contributed by atoms with van der Waals surface area (Å²) in [6, 6.07) is 7.84. The van der Waals surface area contributed by atoms with Crippen LogP contribution in [-0.4, -0.2) is 17.3 Å². The van der Waals surface area contributed by atoms with Crippen molar-refractivity contribution >= 4 is 29.7 Å². The molecule has 0 unspecified atom stereocenters. The van der Waals surface area contributed by atoms with Gasteiger partial charge in [0.1, 0.15) is 5.60 Å². The lowest BCUT2D eigenvalue weighted by Crippen LogP contribution is -2.26. The van der Waals surface area contributed by atoms with E-state index < -0.39 is 5.60 Å². The van der Waals surface area contributed by atoms with E-state index in [0.29, 0.717) is 11.4 Å². The first kappa shape index (κ1) is 14.7. The van der Waals surface area contributed by atoms with Crippen molar-refractivity contribution in [3.63, 3.8) is 0 Å². The van der Waals surface area contributed by atoms with Gasteiger partial charge in [-0.05, 0) is 38.5 Å². The van der Waals surface area contributed by atoms with E-state index in [4.69, 9.17) is 10.5 Å². The van der Waals surface area contributed by atoms with Crippen LogP contribution in [0, 0.1) is 0 Å². The zero-order valence-corrected chi connectivity index (χ0v) is 12.7. The van der Waals surface area contributed by atoms with Crippen LogP contribution in [0.2, 0.25) is 0 Å². The molecule has 0 saturated carbocycles. The van der Waals surface area contributed by atoms with Crippen molar-refractivity contribution in [2.45, 2.75) is 37.7 Å². The maximum Gasteiger partial charge on any atom is 0.312 e. The van der Waals surface area contributed by atoms with Crippen molar-refractivity contribution < 1.29 is 9.53 Å². The SMILES string of the molecule is CC(C)(C)OC(=O)CC1=NSc2ccccc2C=C1N. The summed E-state index contributed by atoms with van der Waals surface area (Å²) in [7, 11) is 0. The smallest absolute Gasteiger partial charge is 0.312 e. The highest BCUT2D eigenvalue weighted by molar-refractivity contribution is 7.98. The van der Waals surface area contributed by atoms with Crippen LogP contribution >= 0.6 is 11.9 Å². The minimum atomic E-state index is -0.503. The number of hydrogen-bond donors (Lipinski definition) is 1. The highest BCUT2D eigenvalue weighted by atomic mass is 32.2. The molecule has 4 nitrogen and oxygen atoms in total. The van der Waals surface area contributed by atoms with E-state index in [9.17, 15) is 4.79 Å². The van der Waals surface area contributed by atoms with Gasteiger partial charge in [0.2, 0.25) is 0 Å². The van der Waals surface area contributed by atoms with Crippen molar-refractivity contribution in [2.24, 2.45) is 10.1 Å². The van der Waals surface area contributed by atoms with Gasteiger partial charge in [0, 0.05) is 16.8 Å². The summed E-state index contributed by atoms with van der Waals surface area (Å²) in [5.41, 5.74) is 7.59. The van der Waals surface area contributed by atoms with Gasteiger partial charge in [0.15, 0.2) is 0 Å². The van der Waals surface area contributed by atoms with Crippen molar-refractivity contribution in [1.29, 1.82) is 0 Å². The predicted molar refractivity (Wildman–Crippen MR) is 82.4 cm³/mol. The maximum atomic E-state index is 11.9. The molecule has 0 aliphatic carbocycles. The van der Waals surface area contributed by atoms with Crippen LogP contribution in [0.25, 0.3) is 6.08 Å². The summed E-state index contributed by atoms with van der Waals surface area (Å²) in [6.45, 7) is 5.51. The number of carbonyl (C=O) groups is 1. The number of ether oxygens (including phenoxy) is 1. The van der Waals surface area contributed by atoms with Gasteiger partial charge in [-0.1, -0.05) is 18.2 Å². The van der Waals surface area contributed by atoms with Crippen LogP contribution in [0.4, 0.5) is 0 Å². The molecular formula is C15H18N2O2S. The van der Waals surface area contributed by atoms with E-state index in [1.807, 2.05) is 51.1 Å². The van der Waals surface area contributed by atoms with Gasteiger partial charge in [-0.25, -0.2) is 4.40 Å². The van der Waals surface area contributed by atoms with Gasteiger partial charge in [-0.3, -0.25) is 4.79 Å². The van der Waals surface area contributed by atoms with Gasteiger partial charge in [-0.2, -0.15) is 0 Å². The van der Waals surface area contributed by atoms with E-state index in [2.05, 4.69) is 4.40 Å². The molecule has 0 fully saturated rings. The number of hydrogen-bond acceptors (Lipinski definition) is 5. The Balaban J connectivity index is 2.15. The lowest BCUT2D eigenvalue weighted by atomic mass is 10.1. The van der Waals surface area contributed by atoms with Crippen LogP contribution in [0.5, 0.6) is 0 Å². The zero-order valence-electron chi connectivity index (χ0n) is 11.8. The molecule has 0 spiro atoms. The molecule has 0 saturated heterocycles. The first-order valence-corrected chi connectivity index (χ1v) is 7.15. The van der Waals surface area contributed by atoms with Gasteiger partial charge in [0.05, 0.1) is 17.8 Å². The van der Waals surface area contributed by atoms with Gasteiger partial charge < -0.3 is 10.5 Å². The molecule has 106 valence electrons. The number of nitrogens with two attached hydrogens (primary N) is 1. The number of esters is 1. The van der Waals surface area contributed by atoms with Crippen LogP contribution in [0.15, 0.2) is 39.3 Å². The van der Waals surface area contributed by atoms with Crippen molar-refractivity contribution in [2.75, 3.05) is 0 Å². The Morgan fingerprint density at radius 1 is 1.35 bits per heavy atom. The number of nitrogens with zero attached hydrogens (tertiary/aromatic N) is 1. The molecule has 0 aromatic heterocycles. The van der Waals surface area contributed by atoms with Crippen LogP contribution in [0.3, 0.4) is 0 Å². The lowest BCUT2D eigenvalue weighted by Gasteiger charge is -2.19. The monoisotopic (exact) mass is 290 g/mol. The average Bonchev–Trinajstić information content (AvgIpc) is 2.47. The molecular weight excluding hydrogens is 272 g/mol. The number of fused-ring (bicyclic) bond motifs is 1. The fourth-order valence-electron chi connectivity index (χ4n) is 1.74. The molecule has 5 heteroatoms. The summed E-state index contributed by atoms with van der Waals surface area (Å²) in [5.74, 6) is -0.320. The molecule has 0 bridgehead atoms. The van der Waals surface area contributed by atoms with Gasteiger partial charge in [-0.15, -0.1) is 0 Å². The molecule has 1 aliphatic heterocycles. The number of rotatable bonds is 2. The molecule has 20 heavy (non-hydrogen) atoms. The second-order valence-electron chi connectivity index (χ2n) is 5.53. The summed E-state index contributed by atoms with van der Waals surface area (Å²) in [4.78, 5) is 12.9. The van der Waals surface area contributed by atoms with Gasteiger partial charge in [0.25, 0.3) is 0 Å². The van der Waals surface area contributed by atoms with Crippen molar-refractivity contribution in [3.8, 4) is 0 Å². The lowest BCUT2D eigenvalue weighted by molar-refractivity contribution is -0.153. The van der Waals surface area contributed by atoms with Crippen LogP contribution in [0.1, 0.15) is 32.8 Å². The molecule has 0 radical (unpaired) electrons.